The molecule has 0 aliphatic carbocycles. The topological polar surface area (TPSA) is 23.6 Å². The highest BCUT2D eigenvalue weighted by molar-refractivity contribution is 5.48. The van der Waals surface area contributed by atoms with Crippen molar-refractivity contribution in [1.29, 1.82) is 0 Å². The highest BCUT2D eigenvalue weighted by Gasteiger charge is 2.25. The molecule has 3 heteroatoms. The standard InChI is InChI=1S/C10H17N2O/c13-9-11-7-3-10(4-8-11)12-5-1-2-6-12/h10H,1-8H2. The van der Waals surface area contributed by atoms with E-state index >= 15 is 0 Å². The molecule has 2 heterocycles. The average molecular weight is 181 g/mol. The number of amides is 1. The predicted octanol–water partition coefficient (Wildman–Crippen LogP) is 0.614. The number of hydrogen-bond acceptors (Lipinski definition) is 2. The molecule has 0 aromatic heterocycles. The summed E-state index contributed by atoms with van der Waals surface area (Å²) in [6.07, 6.45) is 7.00. The van der Waals surface area contributed by atoms with Crippen LogP contribution in [0.2, 0.25) is 0 Å². The molecule has 2 fully saturated rings. The SMILES string of the molecule is O=[C]N1CCC(N2CCCC2)CC1. The first-order valence-corrected chi connectivity index (χ1v) is 5.27. The lowest BCUT2D eigenvalue weighted by Gasteiger charge is -2.34. The average Bonchev–Trinajstić information content (AvgIpc) is 2.71. The summed E-state index contributed by atoms with van der Waals surface area (Å²) >= 11 is 0. The van der Waals surface area contributed by atoms with Crippen LogP contribution >= 0.6 is 0 Å². The number of nitrogens with zero attached hydrogens (tertiary/aromatic N) is 2. The van der Waals surface area contributed by atoms with Gasteiger partial charge in [0.05, 0.1) is 0 Å². The molecular formula is C10H17N2O. The van der Waals surface area contributed by atoms with Crippen LogP contribution in [-0.2, 0) is 4.79 Å². The molecule has 2 aliphatic heterocycles. The van der Waals surface area contributed by atoms with E-state index in [1.165, 1.54) is 25.9 Å². The maximum Gasteiger partial charge on any atom is 0.312 e. The molecule has 0 atom stereocenters. The summed E-state index contributed by atoms with van der Waals surface area (Å²) in [4.78, 5) is 14.7. The van der Waals surface area contributed by atoms with Crippen LogP contribution in [0.4, 0.5) is 0 Å². The maximum atomic E-state index is 10.4. The molecule has 2 saturated heterocycles. The highest BCUT2D eigenvalue weighted by Crippen LogP contribution is 2.20. The molecule has 0 N–H and O–H groups in total. The summed E-state index contributed by atoms with van der Waals surface area (Å²) in [5.41, 5.74) is 0. The molecule has 73 valence electrons. The molecule has 2 aliphatic rings. The number of carbonyl (C=O) groups excluding carboxylic acids is 1. The van der Waals surface area contributed by atoms with Crippen molar-refractivity contribution in [1.82, 2.24) is 9.80 Å². The van der Waals surface area contributed by atoms with E-state index in [9.17, 15) is 4.79 Å². The maximum absolute atomic E-state index is 10.4. The van der Waals surface area contributed by atoms with E-state index in [1.54, 1.807) is 4.90 Å². The molecule has 1 amide bonds. The lowest BCUT2D eigenvalue weighted by atomic mass is 10.0. The van der Waals surface area contributed by atoms with Gasteiger partial charge >= 0.3 is 6.41 Å². The van der Waals surface area contributed by atoms with Crippen molar-refractivity contribution in [3.05, 3.63) is 0 Å². The minimum atomic E-state index is 0.743. The Balaban J connectivity index is 1.79. The van der Waals surface area contributed by atoms with Crippen molar-refractivity contribution in [2.75, 3.05) is 26.2 Å². The third-order valence-electron chi connectivity index (χ3n) is 3.25. The summed E-state index contributed by atoms with van der Waals surface area (Å²) in [7, 11) is 0. The Kier molecular flexibility index (Phi) is 2.83. The van der Waals surface area contributed by atoms with Gasteiger partial charge in [-0.25, -0.2) is 0 Å². The van der Waals surface area contributed by atoms with Crippen molar-refractivity contribution in [3.63, 3.8) is 0 Å². The largest absolute Gasteiger partial charge is 0.334 e. The van der Waals surface area contributed by atoms with Crippen LogP contribution in [0.3, 0.4) is 0 Å². The molecule has 0 saturated carbocycles. The van der Waals surface area contributed by atoms with Gasteiger partial charge in [-0.15, -0.1) is 0 Å². The van der Waals surface area contributed by atoms with Crippen molar-refractivity contribution in [2.45, 2.75) is 31.7 Å². The Labute approximate surface area is 79.7 Å². The molecule has 0 aromatic carbocycles. The first kappa shape index (κ1) is 9.00. The van der Waals surface area contributed by atoms with E-state index in [1.807, 2.05) is 6.41 Å². The summed E-state index contributed by atoms with van der Waals surface area (Å²) in [6, 6.07) is 0.743. The van der Waals surface area contributed by atoms with Gasteiger partial charge in [0.15, 0.2) is 0 Å². The van der Waals surface area contributed by atoms with Gasteiger partial charge < -0.3 is 9.80 Å². The Morgan fingerprint density at radius 2 is 1.62 bits per heavy atom. The van der Waals surface area contributed by atoms with Gasteiger partial charge in [0.2, 0.25) is 0 Å². The number of piperidine rings is 1. The second-order valence-corrected chi connectivity index (χ2v) is 4.05. The van der Waals surface area contributed by atoms with Crippen LogP contribution in [0.5, 0.6) is 0 Å². The first-order chi connectivity index (χ1) is 6.40. The normalized spacial score (nSPS) is 26.6. The van der Waals surface area contributed by atoms with Crippen LogP contribution in [0.1, 0.15) is 25.7 Å². The zero-order chi connectivity index (χ0) is 9.10. The Morgan fingerprint density at radius 1 is 1.00 bits per heavy atom. The zero-order valence-corrected chi connectivity index (χ0v) is 8.04. The molecule has 13 heavy (non-hydrogen) atoms. The molecule has 0 aromatic rings. The minimum absolute atomic E-state index is 0.743. The van der Waals surface area contributed by atoms with E-state index in [2.05, 4.69) is 4.90 Å². The highest BCUT2D eigenvalue weighted by atomic mass is 16.1. The second-order valence-electron chi connectivity index (χ2n) is 4.05. The van der Waals surface area contributed by atoms with Crippen molar-refractivity contribution >= 4 is 6.41 Å². The summed E-state index contributed by atoms with van der Waals surface area (Å²) < 4.78 is 0. The molecule has 1 radical (unpaired) electrons. The van der Waals surface area contributed by atoms with Gasteiger partial charge in [0.25, 0.3) is 0 Å². The van der Waals surface area contributed by atoms with Gasteiger partial charge in [-0.3, -0.25) is 4.79 Å². The zero-order valence-electron chi connectivity index (χ0n) is 8.04. The lowest BCUT2D eigenvalue weighted by molar-refractivity contribution is 0.161. The molecule has 0 unspecified atom stereocenters. The quantitative estimate of drug-likeness (QED) is 0.623. The van der Waals surface area contributed by atoms with Crippen LogP contribution in [-0.4, -0.2) is 48.4 Å². The van der Waals surface area contributed by atoms with Gasteiger partial charge in [-0.2, -0.15) is 0 Å². The molecule has 0 spiro atoms. The van der Waals surface area contributed by atoms with E-state index in [0.29, 0.717) is 0 Å². The Morgan fingerprint density at radius 3 is 2.15 bits per heavy atom. The van der Waals surface area contributed by atoms with Crippen molar-refractivity contribution in [2.24, 2.45) is 0 Å². The smallest absolute Gasteiger partial charge is 0.312 e. The van der Waals surface area contributed by atoms with E-state index in [-0.39, 0.29) is 0 Å². The van der Waals surface area contributed by atoms with Crippen molar-refractivity contribution in [3.8, 4) is 0 Å². The van der Waals surface area contributed by atoms with Gasteiger partial charge in [0, 0.05) is 19.1 Å². The van der Waals surface area contributed by atoms with Gasteiger partial charge in [-0.1, -0.05) is 0 Å². The van der Waals surface area contributed by atoms with Crippen LogP contribution in [0.25, 0.3) is 0 Å². The minimum Gasteiger partial charge on any atom is -0.334 e. The second kappa shape index (κ2) is 4.09. The lowest BCUT2D eigenvalue weighted by Crippen LogP contribution is -2.43. The fourth-order valence-electron chi connectivity index (χ4n) is 2.43. The molecule has 3 nitrogen and oxygen atoms in total. The first-order valence-electron chi connectivity index (χ1n) is 5.27. The van der Waals surface area contributed by atoms with Crippen molar-refractivity contribution < 1.29 is 4.79 Å². The summed E-state index contributed by atoms with van der Waals surface area (Å²) in [5.74, 6) is 0. The van der Waals surface area contributed by atoms with Crippen LogP contribution < -0.4 is 0 Å². The summed E-state index contributed by atoms with van der Waals surface area (Å²) in [6.45, 7) is 4.36. The van der Waals surface area contributed by atoms with Crippen LogP contribution in [0, 0.1) is 0 Å². The van der Waals surface area contributed by atoms with Crippen LogP contribution in [0.15, 0.2) is 0 Å². The summed E-state index contributed by atoms with van der Waals surface area (Å²) in [5, 5.41) is 0. The fourth-order valence-corrected chi connectivity index (χ4v) is 2.43. The molecular weight excluding hydrogens is 164 g/mol. The number of rotatable bonds is 2. The third kappa shape index (κ3) is 2.02. The van der Waals surface area contributed by atoms with E-state index < -0.39 is 0 Å². The third-order valence-corrected chi connectivity index (χ3v) is 3.25. The monoisotopic (exact) mass is 181 g/mol. The molecule has 0 bridgehead atoms. The number of hydrogen-bond donors (Lipinski definition) is 0. The fraction of sp³-hybridized carbons (Fsp3) is 0.900. The van der Waals surface area contributed by atoms with Gasteiger partial charge in [-0.05, 0) is 38.8 Å². The van der Waals surface area contributed by atoms with Gasteiger partial charge in [0.1, 0.15) is 0 Å². The Bertz CT molecular complexity index is 170. The Hall–Kier alpha value is -0.570. The number of likely N-dealkylation sites (tertiary alicyclic amines) is 2. The van der Waals surface area contributed by atoms with E-state index in [4.69, 9.17) is 0 Å². The molecule has 2 rings (SSSR count). The predicted molar refractivity (Wildman–Crippen MR) is 51.1 cm³/mol. The van der Waals surface area contributed by atoms with E-state index in [0.717, 1.165) is 32.0 Å².